The van der Waals surface area contributed by atoms with Crippen molar-refractivity contribution in [3.63, 3.8) is 0 Å². The Morgan fingerprint density at radius 2 is 1.68 bits per heavy atom. The van der Waals surface area contributed by atoms with Crippen LogP contribution >= 0.6 is 0 Å². The maximum atomic E-state index is 13.0. The quantitative estimate of drug-likeness (QED) is 0.697. The molecule has 8 nitrogen and oxygen atoms in total. The normalized spacial score (nSPS) is 12.4. The lowest BCUT2D eigenvalue weighted by atomic mass is 10.0. The Morgan fingerprint density at radius 1 is 1.04 bits per heavy atom. The van der Waals surface area contributed by atoms with Crippen LogP contribution in [-0.2, 0) is 13.0 Å². The first kappa shape index (κ1) is 19.9. The fraction of sp³-hybridized carbons (Fsp3) is 0.500. The average molecular weight is 385 g/mol. The third kappa shape index (κ3) is 3.46. The van der Waals surface area contributed by atoms with Gasteiger partial charge in [0, 0.05) is 35.3 Å². The largest absolute Gasteiger partial charge is 0.361 e. The van der Waals surface area contributed by atoms with Crippen molar-refractivity contribution in [1.29, 1.82) is 0 Å². The monoisotopic (exact) mass is 385 g/mol. The van der Waals surface area contributed by atoms with Crippen LogP contribution in [0.25, 0.3) is 0 Å². The lowest BCUT2D eigenvalue weighted by Crippen LogP contribution is -2.28. The van der Waals surface area contributed by atoms with Crippen LogP contribution in [0.3, 0.4) is 0 Å². The highest BCUT2D eigenvalue weighted by atomic mass is 16.5. The van der Waals surface area contributed by atoms with E-state index in [1.165, 1.54) is 0 Å². The summed E-state index contributed by atoms with van der Waals surface area (Å²) in [7, 11) is 0. The lowest BCUT2D eigenvalue weighted by molar-refractivity contribution is 0.0930. The summed E-state index contributed by atoms with van der Waals surface area (Å²) < 4.78 is 12.5. The zero-order valence-corrected chi connectivity index (χ0v) is 17.5. The van der Waals surface area contributed by atoms with Crippen molar-refractivity contribution in [1.82, 2.24) is 25.4 Å². The molecule has 0 saturated carbocycles. The lowest BCUT2D eigenvalue weighted by Gasteiger charge is -2.14. The Kier molecular flexibility index (Phi) is 5.40. The number of nitrogens with one attached hydrogen (secondary N) is 1. The Bertz CT molecular complexity index is 992. The summed E-state index contributed by atoms with van der Waals surface area (Å²) in [5.74, 6) is 1.08. The standard InChI is InChI=1S/C20H27N5O3/c1-8-25-13(5)18(12(4)22-25)11(3)21-20(26)19-17(15(7)28-24-19)9-16-10(2)23-27-14(16)6/h11H,8-9H2,1-7H3,(H,21,26). The van der Waals surface area contributed by atoms with Crippen LogP contribution in [0, 0.1) is 34.6 Å². The van der Waals surface area contributed by atoms with Gasteiger partial charge in [0.05, 0.1) is 17.4 Å². The molecule has 1 unspecified atom stereocenters. The predicted octanol–water partition coefficient (Wildman–Crippen LogP) is 3.50. The van der Waals surface area contributed by atoms with Gasteiger partial charge in [-0.2, -0.15) is 5.10 Å². The number of carbonyl (C=O) groups excluding carboxylic acids is 1. The van der Waals surface area contributed by atoms with E-state index in [1.807, 2.05) is 46.2 Å². The van der Waals surface area contributed by atoms with Gasteiger partial charge in [-0.1, -0.05) is 10.3 Å². The number of hydrogen-bond acceptors (Lipinski definition) is 6. The zero-order valence-electron chi connectivity index (χ0n) is 17.5. The van der Waals surface area contributed by atoms with Gasteiger partial charge in [-0.15, -0.1) is 0 Å². The smallest absolute Gasteiger partial charge is 0.274 e. The maximum Gasteiger partial charge on any atom is 0.274 e. The second-order valence-corrected chi connectivity index (χ2v) is 7.14. The zero-order chi connectivity index (χ0) is 20.6. The van der Waals surface area contributed by atoms with Crippen LogP contribution < -0.4 is 5.32 Å². The molecule has 0 aliphatic carbocycles. The second-order valence-electron chi connectivity index (χ2n) is 7.14. The molecule has 3 heterocycles. The van der Waals surface area contributed by atoms with Crippen LogP contribution in [0.5, 0.6) is 0 Å². The Balaban J connectivity index is 1.85. The molecule has 1 N–H and O–H groups in total. The van der Waals surface area contributed by atoms with Crippen LogP contribution in [0.4, 0.5) is 0 Å². The molecule has 8 heteroatoms. The molecule has 0 spiro atoms. The average Bonchev–Trinajstić information content (AvgIpc) is 3.26. The van der Waals surface area contributed by atoms with E-state index in [-0.39, 0.29) is 11.9 Å². The Morgan fingerprint density at radius 3 is 2.25 bits per heavy atom. The molecule has 150 valence electrons. The molecule has 0 aromatic carbocycles. The summed E-state index contributed by atoms with van der Waals surface area (Å²) in [6.45, 7) is 14.3. The van der Waals surface area contributed by atoms with Crippen molar-refractivity contribution in [2.45, 2.75) is 67.5 Å². The van der Waals surface area contributed by atoms with Gasteiger partial charge in [0.2, 0.25) is 0 Å². The first-order valence-corrected chi connectivity index (χ1v) is 9.46. The van der Waals surface area contributed by atoms with Gasteiger partial charge in [0.15, 0.2) is 5.69 Å². The van der Waals surface area contributed by atoms with Crippen molar-refractivity contribution < 1.29 is 13.8 Å². The van der Waals surface area contributed by atoms with Gasteiger partial charge in [0.25, 0.3) is 5.91 Å². The number of carbonyl (C=O) groups is 1. The molecular weight excluding hydrogens is 358 g/mol. The van der Waals surface area contributed by atoms with Crippen molar-refractivity contribution in [3.8, 4) is 0 Å². The van der Waals surface area contributed by atoms with Crippen LogP contribution in [0.15, 0.2) is 9.05 Å². The molecule has 0 saturated heterocycles. The first-order chi connectivity index (χ1) is 13.2. The fourth-order valence-electron chi connectivity index (χ4n) is 3.69. The third-order valence-corrected chi connectivity index (χ3v) is 5.25. The SMILES string of the molecule is CCn1nc(C)c(C(C)NC(=O)c2noc(C)c2Cc2c(C)noc2C)c1C. The third-order valence-electron chi connectivity index (χ3n) is 5.25. The molecule has 1 atom stereocenters. The molecule has 1 amide bonds. The molecule has 28 heavy (non-hydrogen) atoms. The van der Waals surface area contributed by atoms with E-state index < -0.39 is 0 Å². The van der Waals surface area contributed by atoms with E-state index in [0.717, 1.165) is 46.1 Å². The topological polar surface area (TPSA) is 99.0 Å². The van der Waals surface area contributed by atoms with Gasteiger partial charge in [0.1, 0.15) is 11.5 Å². The number of rotatable bonds is 6. The molecule has 3 aromatic heterocycles. The summed E-state index contributed by atoms with van der Waals surface area (Å²) in [6, 6.07) is -0.197. The van der Waals surface area contributed by atoms with Crippen molar-refractivity contribution in [2.75, 3.05) is 0 Å². The summed E-state index contributed by atoms with van der Waals surface area (Å²) in [6.07, 6.45) is 0.486. The summed E-state index contributed by atoms with van der Waals surface area (Å²) in [5.41, 5.74) is 5.79. The van der Waals surface area contributed by atoms with Crippen LogP contribution in [-0.4, -0.2) is 26.0 Å². The van der Waals surface area contributed by atoms with Crippen LogP contribution in [0.1, 0.15) is 75.7 Å². The number of amides is 1. The Labute approximate surface area is 164 Å². The van der Waals surface area contributed by atoms with Gasteiger partial charge >= 0.3 is 0 Å². The number of hydrogen-bond donors (Lipinski definition) is 1. The molecule has 0 fully saturated rings. The van der Waals surface area contributed by atoms with Gasteiger partial charge in [-0.25, -0.2) is 0 Å². The molecular formula is C20H27N5O3. The van der Waals surface area contributed by atoms with Gasteiger partial charge in [-0.05, 0) is 48.5 Å². The second kappa shape index (κ2) is 7.61. The highest BCUT2D eigenvalue weighted by Crippen LogP contribution is 2.25. The molecule has 3 rings (SSSR count). The highest BCUT2D eigenvalue weighted by molar-refractivity contribution is 5.94. The van der Waals surface area contributed by atoms with Crippen molar-refractivity contribution in [2.24, 2.45) is 0 Å². The minimum atomic E-state index is -0.269. The maximum absolute atomic E-state index is 13.0. The van der Waals surface area contributed by atoms with Crippen LogP contribution in [0.2, 0.25) is 0 Å². The molecule has 0 bridgehead atoms. The van der Waals surface area contributed by atoms with E-state index in [9.17, 15) is 4.79 Å². The summed E-state index contributed by atoms with van der Waals surface area (Å²) in [4.78, 5) is 13.0. The highest BCUT2D eigenvalue weighted by Gasteiger charge is 2.25. The van der Waals surface area contributed by atoms with E-state index in [0.29, 0.717) is 17.9 Å². The minimum Gasteiger partial charge on any atom is -0.361 e. The molecule has 0 aliphatic rings. The summed E-state index contributed by atoms with van der Waals surface area (Å²) >= 11 is 0. The number of nitrogens with zero attached hydrogens (tertiary/aromatic N) is 4. The predicted molar refractivity (Wildman–Crippen MR) is 103 cm³/mol. The minimum absolute atomic E-state index is 0.197. The summed E-state index contributed by atoms with van der Waals surface area (Å²) in [5, 5.41) is 15.6. The van der Waals surface area contributed by atoms with E-state index in [2.05, 4.69) is 20.7 Å². The van der Waals surface area contributed by atoms with Crippen molar-refractivity contribution in [3.05, 3.63) is 51.0 Å². The molecule has 0 radical (unpaired) electrons. The Hall–Kier alpha value is -2.90. The number of aryl methyl sites for hydroxylation is 5. The van der Waals surface area contributed by atoms with E-state index in [1.54, 1.807) is 6.92 Å². The number of aromatic nitrogens is 4. The van der Waals surface area contributed by atoms with Crippen molar-refractivity contribution >= 4 is 5.91 Å². The first-order valence-electron chi connectivity index (χ1n) is 9.46. The van der Waals surface area contributed by atoms with E-state index in [4.69, 9.17) is 9.05 Å². The van der Waals surface area contributed by atoms with E-state index >= 15 is 0 Å². The van der Waals surface area contributed by atoms with Gasteiger partial charge in [-0.3, -0.25) is 9.48 Å². The van der Waals surface area contributed by atoms with Gasteiger partial charge < -0.3 is 14.4 Å². The molecule has 0 aliphatic heterocycles. The molecule has 3 aromatic rings. The fourth-order valence-corrected chi connectivity index (χ4v) is 3.69.